The number of hydrogen-bond acceptors (Lipinski definition) is 7. The van der Waals surface area contributed by atoms with Crippen LogP contribution in [0.25, 0.3) is 0 Å². The zero-order chi connectivity index (χ0) is 24.2. The van der Waals surface area contributed by atoms with Crippen LogP contribution in [-0.4, -0.2) is 47.5 Å². The van der Waals surface area contributed by atoms with E-state index in [0.29, 0.717) is 47.9 Å². The molecule has 0 unspecified atom stereocenters. The predicted octanol–water partition coefficient (Wildman–Crippen LogP) is 3.93. The third kappa shape index (κ3) is 5.05. The number of aryl methyl sites for hydroxylation is 2. The number of halogens is 1. The lowest BCUT2D eigenvalue weighted by atomic mass is 10.0. The fourth-order valence-electron chi connectivity index (χ4n) is 4.08. The van der Waals surface area contributed by atoms with Gasteiger partial charge < -0.3 is 31.1 Å². The summed E-state index contributed by atoms with van der Waals surface area (Å²) >= 11 is 6.53. The van der Waals surface area contributed by atoms with Crippen molar-refractivity contribution in [3.8, 4) is 5.75 Å². The quantitative estimate of drug-likeness (QED) is 0.327. The number of nitrogens with zero attached hydrogens (tertiary/aromatic N) is 2. The molecule has 0 atom stereocenters. The number of nitrogens with one attached hydrogen (secondary N) is 3. The van der Waals surface area contributed by atoms with Gasteiger partial charge in [-0.15, -0.1) is 0 Å². The molecule has 0 spiro atoms. The molecule has 2 heterocycles. The van der Waals surface area contributed by atoms with Crippen molar-refractivity contribution in [1.29, 1.82) is 0 Å². The zero-order valence-corrected chi connectivity index (χ0v) is 20.0. The number of amides is 1. The number of benzene rings is 2. The van der Waals surface area contributed by atoms with E-state index >= 15 is 0 Å². The van der Waals surface area contributed by atoms with E-state index in [9.17, 15) is 9.90 Å². The van der Waals surface area contributed by atoms with E-state index in [2.05, 4.69) is 25.7 Å². The van der Waals surface area contributed by atoms with Crippen LogP contribution in [0.5, 0.6) is 5.75 Å². The summed E-state index contributed by atoms with van der Waals surface area (Å²) < 4.78 is 5.40. The van der Waals surface area contributed by atoms with Gasteiger partial charge in [0, 0.05) is 25.3 Å². The molecule has 180 valence electrons. The number of aromatic amines is 1. The van der Waals surface area contributed by atoms with Crippen LogP contribution in [0.1, 0.15) is 34.0 Å². The normalized spacial score (nSPS) is 13.7. The number of rotatable bonds is 8. The van der Waals surface area contributed by atoms with Crippen LogP contribution in [0.4, 0.5) is 23.0 Å². The van der Waals surface area contributed by atoms with Gasteiger partial charge in [-0.1, -0.05) is 30.7 Å². The third-order valence-corrected chi connectivity index (χ3v) is 6.17. The predicted molar refractivity (Wildman–Crippen MR) is 134 cm³/mol. The van der Waals surface area contributed by atoms with Crippen LogP contribution in [0, 0.1) is 6.92 Å². The number of aromatic hydroxyl groups is 1. The lowest BCUT2D eigenvalue weighted by molar-refractivity contribution is 0.100. The summed E-state index contributed by atoms with van der Waals surface area (Å²) in [6.45, 7) is 7.19. The van der Waals surface area contributed by atoms with Gasteiger partial charge >= 0.3 is 0 Å². The lowest BCUT2D eigenvalue weighted by Crippen LogP contribution is -2.36. The molecule has 9 nitrogen and oxygen atoms in total. The van der Waals surface area contributed by atoms with Crippen molar-refractivity contribution in [1.82, 2.24) is 10.2 Å². The second kappa shape index (κ2) is 10.2. The fourth-order valence-corrected chi connectivity index (χ4v) is 4.38. The molecule has 1 amide bonds. The van der Waals surface area contributed by atoms with E-state index < -0.39 is 5.91 Å². The summed E-state index contributed by atoms with van der Waals surface area (Å²) in [5.41, 5.74) is 10.2. The smallest absolute Gasteiger partial charge is 0.256 e. The molecule has 2 aromatic carbocycles. The molecule has 1 saturated heterocycles. The number of phenolic OH excluding ortho intramolecular Hbond substituents is 1. The second-order valence-corrected chi connectivity index (χ2v) is 8.61. The Labute approximate surface area is 203 Å². The number of morpholine rings is 1. The van der Waals surface area contributed by atoms with Gasteiger partial charge in [0.05, 0.1) is 23.9 Å². The van der Waals surface area contributed by atoms with Crippen molar-refractivity contribution in [2.24, 2.45) is 5.73 Å². The first kappa shape index (κ1) is 23.7. The lowest BCUT2D eigenvalue weighted by Gasteiger charge is -2.29. The molecule has 34 heavy (non-hydrogen) atoms. The highest BCUT2D eigenvalue weighted by Gasteiger charge is 2.20. The number of phenols is 1. The minimum atomic E-state index is -0.620. The molecule has 6 N–H and O–H groups in total. The average Bonchev–Trinajstić information content (AvgIpc) is 3.23. The Morgan fingerprint density at radius 1 is 1.29 bits per heavy atom. The number of primary amides is 1. The van der Waals surface area contributed by atoms with Crippen LogP contribution >= 0.6 is 11.6 Å². The molecule has 10 heteroatoms. The average molecular weight is 485 g/mol. The molecule has 1 aromatic heterocycles. The van der Waals surface area contributed by atoms with Gasteiger partial charge in [-0.25, -0.2) is 0 Å². The SMILES string of the molecule is CCc1cc(CNc2[nH]nc(Nc3ccc(N4CCOCC4)c(Cl)c3)c2C(N)=O)cc(C)c1O. The molecule has 0 saturated carbocycles. The van der Waals surface area contributed by atoms with Gasteiger partial charge in [0.15, 0.2) is 5.82 Å². The van der Waals surface area contributed by atoms with Gasteiger partial charge in [-0.3, -0.25) is 9.89 Å². The second-order valence-electron chi connectivity index (χ2n) is 8.20. The number of aromatic nitrogens is 2. The Morgan fingerprint density at radius 2 is 2.06 bits per heavy atom. The van der Waals surface area contributed by atoms with Crippen LogP contribution in [0.2, 0.25) is 5.02 Å². The maximum Gasteiger partial charge on any atom is 0.256 e. The summed E-state index contributed by atoms with van der Waals surface area (Å²) in [4.78, 5) is 14.4. The van der Waals surface area contributed by atoms with Crippen LogP contribution < -0.4 is 21.3 Å². The van der Waals surface area contributed by atoms with Crippen molar-refractivity contribution < 1.29 is 14.6 Å². The molecule has 1 aliphatic heterocycles. The number of anilines is 4. The van der Waals surface area contributed by atoms with E-state index in [0.717, 1.165) is 41.9 Å². The standard InChI is InChI=1S/C24H29ClN6O3/c1-3-16-11-15(10-14(2)21(16)32)13-27-23-20(22(26)33)24(30-29-23)28-17-4-5-19(18(25)12-17)31-6-8-34-9-7-31/h4-5,10-12,32H,3,6-9,13H2,1-2H3,(H2,26,33)(H3,27,28,29,30). The Kier molecular flexibility index (Phi) is 7.14. The van der Waals surface area contributed by atoms with Crippen LogP contribution in [0.15, 0.2) is 30.3 Å². The molecule has 4 rings (SSSR count). The van der Waals surface area contributed by atoms with Crippen molar-refractivity contribution in [3.63, 3.8) is 0 Å². The van der Waals surface area contributed by atoms with Crippen molar-refractivity contribution in [2.45, 2.75) is 26.8 Å². The first-order valence-electron chi connectivity index (χ1n) is 11.2. The monoisotopic (exact) mass is 484 g/mol. The van der Waals surface area contributed by atoms with E-state index in [1.165, 1.54) is 0 Å². The van der Waals surface area contributed by atoms with Crippen molar-refractivity contribution in [2.75, 3.05) is 41.8 Å². The number of carbonyl (C=O) groups is 1. The Hall–Kier alpha value is -3.43. The van der Waals surface area contributed by atoms with E-state index in [4.69, 9.17) is 22.1 Å². The summed E-state index contributed by atoms with van der Waals surface area (Å²) in [5, 5.41) is 24.2. The van der Waals surface area contributed by atoms with Gasteiger partial charge in [0.1, 0.15) is 17.1 Å². The van der Waals surface area contributed by atoms with Crippen molar-refractivity contribution in [3.05, 3.63) is 57.6 Å². The molecule has 0 aliphatic carbocycles. The van der Waals surface area contributed by atoms with E-state index in [1.807, 2.05) is 38.1 Å². The number of nitrogens with two attached hydrogens (primary N) is 1. The first-order chi connectivity index (χ1) is 16.4. The molecular weight excluding hydrogens is 456 g/mol. The van der Waals surface area contributed by atoms with Gasteiger partial charge in [-0.05, 0) is 48.2 Å². The number of ether oxygens (including phenoxy) is 1. The molecular formula is C24H29ClN6O3. The van der Waals surface area contributed by atoms with Crippen LogP contribution in [0.3, 0.4) is 0 Å². The molecule has 1 aliphatic rings. The van der Waals surface area contributed by atoms with E-state index in [1.54, 1.807) is 6.07 Å². The Bertz CT molecular complexity index is 1190. The topological polar surface area (TPSA) is 129 Å². The Balaban J connectivity index is 1.51. The summed E-state index contributed by atoms with van der Waals surface area (Å²) in [6, 6.07) is 9.45. The minimum absolute atomic E-state index is 0.222. The van der Waals surface area contributed by atoms with E-state index in [-0.39, 0.29) is 5.56 Å². The van der Waals surface area contributed by atoms with Crippen molar-refractivity contribution >= 4 is 40.5 Å². The Morgan fingerprint density at radius 3 is 2.74 bits per heavy atom. The minimum Gasteiger partial charge on any atom is -0.507 e. The first-order valence-corrected chi connectivity index (χ1v) is 11.6. The molecule has 0 bridgehead atoms. The summed E-state index contributed by atoms with van der Waals surface area (Å²) in [6.07, 6.45) is 0.720. The maximum atomic E-state index is 12.2. The number of hydrogen-bond donors (Lipinski definition) is 5. The molecule has 0 radical (unpaired) electrons. The van der Waals surface area contributed by atoms with Crippen LogP contribution in [-0.2, 0) is 17.7 Å². The number of carbonyl (C=O) groups excluding carboxylic acids is 1. The zero-order valence-electron chi connectivity index (χ0n) is 19.2. The van der Waals surface area contributed by atoms with Gasteiger partial charge in [0.2, 0.25) is 0 Å². The summed E-state index contributed by atoms with van der Waals surface area (Å²) in [5.74, 6) is 0.414. The highest BCUT2D eigenvalue weighted by Crippen LogP contribution is 2.32. The molecule has 3 aromatic rings. The molecule has 1 fully saturated rings. The number of H-pyrrole nitrogens is 1. The highest BCUT2D eigenvalue weighted by atomic mass is 35.5. The highest BCUT2D eigenvalue weighted by molar-refractivity contribution is 6.33. The maximum absolute atomic E-state index is 12.2. The fraction of sp³-hybridized carbons (Fsp3) is 0.333. The van der Waals surface area contributed by atoms with Gasteiger partial charge in [-0.2, -0.15) is 5.10 Å². The summed E-state index contributed by atoms with van der Waals surface area (Å²) in [7, 11) is 0. The third-order valence-electron chi connectivity index (χ3n) is 5.86. The largest absolute Gasteiger partial charge is 0.507 e. The van der Waals surface area contributed by atoms with Gasteiger partial charge in [0.25, 0.3) is 5.91 Å².